The van der Waals surface area contributed by atoms with E-state index in [4.69, 9.17) is 0 Å². The van der Waals surface area contributed by atoms with Crippen molar-refractivity contribution in [2.75, 3.05) is 0 Å². The van der Waals surface area contributed by atoms with Crippen LogP contribution in [0.15, 0.2) is 0 Å². The van der Waals surface area contributed by atoms with Gasteiger partial charge in [0.25, 0.3) is 0 Å². The zero-order valence-corrected chi connectivity index (χ0v) is 8.50. The Labute approximate surface area is 78.5 Å². The van der Waals surface area contributed by atoms with Gasteiger partial charge < -0.3 is 0 Å². The molecule has 0 spiro atoms. The van der Waals surface area contributed by atoms with Crippen molar-refractivity contribution < 1.29 is 9.72 Å². The molecule has 0 heterocycles. The fourth-order valence-electron chi connectivity index (χ4n) is 0.940. The average molecular weight is 187 g/mol. The van der Waals surface area contributed by atoms with Crippen molar-refractivity contribution >= 4 is 5.78 Å². The smallest absolute Gasteiger partial charge is 0.217 e. The highest BCUT2D eigenvalue weighted by atomic mass is 16.6. The van der Waals surface area contributed by atoms with E-state index in [2.05, 4.69) is 0 Å². The van der Waals surface area contributed by atoms with E-state index in [1.807, 2.05) is 6.92 Å². The highest BCUT2D eigenvalue weighted by Crippen LogP contribution is 2.16. The summed E-state index contributed by atoms with van der Waals surface area (Å²) in [7, 11) is 0. The molecular weight excluding hydrogens is 170 g/mol. The Bertz CT molecular complexity index is 199. The predicted octanol–water partition coefficient (Wildman–Crippen LogP) is 2.19. The van der Waals surface area contributed by atoms with Crippen molar-refractivity contribution in [3.63, 3.8) is 0 Å². The molecule has 0 aromatic rings. The molecule has 4 heteroatoms. The zero-order valence-electron chi connectivity index (χ0n) is 8.50. The summed E-state index contributed by atoms with van der Waals surface area (Å²) in [6, 6.07) is 0. The number of carbonyl (C=O) groups is 1. The van der Waals surface area contributed by atoms with E-state index < -0.39 is 5.54 Å². The third kappa shape index (κ3) is 4.60. The van der Waals surface area contributed by atoms with Crippen molar-refractivity contribution in [1.82, 2.24) is 0 Å². The Morgan fingerprint density at radius 1 is 1.38 bits per heavy atom. The van der Waals surface area contributed by atoms with Gasteiger partial charge in [-0.25, -0.2) is 0 Å². The summed E-state index contributed by atoms with van der Waals surface area (Å²) >= 11 is 0. The first-order valence-corrected chi connectivity index (χ1v) is 4.56. The highest BCUT2D eigenvalue weighted by Gasteiger charge is 2.30. The Balaban J connectivity index is 3.88. The summed E-state index contributed by atoms with van der Waals surface area (Å²) in [5, 5.41) is 10.5. The second-order valence-corrected chi connectivity index (χ2v) is 3.86. The second-order valence-electron chi connectivity index (χ2n) is 3.86. The van der Waals surface area contributed by atoms with Crippen LogP contribution in [0.25, 0.3) is 0 Å². The van der Waals surface area contributed by atoms with E-state index in [9.17, 15) is 14.9 Å². The maximum absolute atomic E-state index is 11.1. The number of carbonyl (C=O) groups excluding carboxylic acids is 1. The maximum Gasteiger partial charge on any atom is 0.217 e. The summed E-state index contributed by atoms with van der Waals surface area (Å²) in [6.07, 6.45) is 2.01. The molecule has 0 aliphatic rings. The molecule has 0 aromatic carbocycles. The van der Waals surface area contributed by atoms with Gasteiger partial charge in [0.15, 0.2) is 0 Å². The van der Waals surface area contributed by atoms with Crippen molar-refractivity contribution in [2.24, 2.45) is 0 Å². The minimum atomic E-state index is -0.969. The van der Waals surface area contributed by atoms with Gasteiger partial charge >= 0.3 is 0 Å². The monoisotopic (exact) mass is 187 g/mol. The van der Waals surface area contributed by atoms with Crippen LogP contribution in [0.1, 0.15) is 46.5 Å². The summed E-state index contributed by atoms with van der Waals surface area (Å²) in [5.41, 5.74) is -0.969. The molecule has 0 N–H and O–H groups in total. The van der Waals surface area contributed by atoms with Gasteiger partial charge in [0.1, 0.15) is 5.78 Å². The van der Waals surface area contributed by atoms with Gasteiger partial charge in [-0.3, -0.25) is 14.9 Å². The lowest BCUT2D eigenvalue weighted by Crippen LogP contribution is -2.31. The van der Waals surface area contributed by atoms with E-state index in [-0.39, 0.29) is 10.7 Å². The SMILES string of the molecule is CCCC(=O)CCC(C)(C)[N+](=O)[O-]. The molecule has 0 aliphatic carbocycles. The van der Waals surface area contributed by atoms with Crippen LogP contribution in [-0.4, -0.2) is 16.2 Å². The summed E-state index contributed by atoms with van der Waals surface area (Å²) in [6.45, 7) is 5.02. The van der Waals surface area contributed by atoms with Crippen molar-refractivity contribution in [1.29, 1.82) is 0 Å². The summed E-state index contributed by atoms with van der Waals surface area (Å²) in [4.78, 5) is 21.2. The van der Waals surface area contributed by atoms with Crippen molar-refractivity contribution in [3.8, 4) is 0 Å². The highest BCUT2D eigenvalue weighted by molar-refractivity contribution is 5.78. The van der Waals surface area contributed by atoms with Gasteiger partial charge in [-0.15, -0.1) is 0 Å². The fraction of sp³-hybridized carbons (Fsp3) is 0.889. The maximum atomic E-state index is 11.1. The van der Waals surface area contributed by atoms with Gasteiger partial charge in [-0.05, 0) is 6.42 Å². The van der Waals surface area contributed by atoms with E-state index in [1.165, 1.54) is 0 Å². The molecule has 76 valence electrons. The molecule has 0 saturated heterocycles. The molecule has 0 aliphatic heterocycles. The number of nitro groups is 1. The predicted molar refractivity (Wildman–Crippen MR) is 50.2 cm³/mol. The minimum Gasteiger partial charge on any atom is -0.300 e. The molecule has 0 rings (SSSR count). The molecule has 0 atom stereocenters. The largest absolute Gasteiger partial charge is 0.300 e. The third-order valence-electron chi connectivity index (χ3n) is 2.04. The van der Waals surface area contributed by atoms with Crippen LogP contribution in [0.4, 0.5) is 0 Å². The molecule has 0 bridgehead atoms. The van der Waals surface area contributed by atoms with Gasteiger partial charge in [0.05, 0.1) is 0 Å². The molecule has 0 radical (unpaired) electrons. The Kier molecular flexibility index (Phi) is 4.59. The molecule has 13 heavy (non-hydrogen) atoms. The van der Waals surface area contributed by atoms with Gasteiger partial charge in [-0.2, -0.15) is 0 Å². The first kappa shape index (κ1) is 12.1. The van der Waals surface area contributed by atoms with Crippen LogP contribution in [0, 0.1) is 10.1 Å². The lowest BCUT2D eigenvalue weighted by Gasteiger charge is -2.14. The lowest BCUT2D eigenvalue weighted by atomic mass is 9.97. The fourth-order valence-corrected chi connectivity index (χ4v) is 0.940. The van der Waals surface area contributed by atoms with E-state index in [0.29, 0.717) is 19.3 Å². The molecule has 0 amide bonds. The second kappa shape index (κ2) is 4.94. The Hall–Kier alpha value is -0.930. The molecule has 0 fully saturated rings. The quantitative estimate of drug-likeness (QED) is 0.473. The normalized spacial score (nSPS) is 11.3. The molecule has 0 aromatic heterocycles. The number of Topliss-reactive ketones (excluding diaryl/α,β-unsaturated/α-hetero) is 1. The van der Waals surface area contributed by atoms with Crippen molar-refractivity contribution in [2.45, 2.75) is 52.0 Å². The Morgan fingerprint density at radius 2 is 1.92 bits per heavy atom. The number of nitrogens with zero attached hydrogens (tertiary/aromatic N) is 1. The summed E-state index contributed by atoms with van der Waals surface area (Å²) < 4.78 is 0. The standard InChI is InChI=1S/C9H17NO3/c1-4-5-8(11)6-7-9(2,3)10(12)13/h4-7H2,1-3H3. The van der Waals surface area contributed by atoms with Crippen LogP contribution in [0.2, 0.25) is 0 Å². The van der Waals surface area contributed by atoms with Gasteiger partial charge in [0, 0.05) is 38.0 Å². The topological polar surface area (TPSA) is 60.2 Å². The van der Waals surface area contributed by atoms with E-state index in [0.717, 1.165) is 6.42 Å². The molecule has 0 saturated carbocycles. The van der Waals surface area contributed by atoms with Crippen LogP contribution in [-0.2, 0) is 4.79 Å². The van der Waals surface area contributed by atoms with Crippen molar-refractivity contribution in [3.05, 3.63) is 10.1 Å². The molecule has 4 nitrogen and oxygen atoms in total. The first-order valence-electron chi connectivity index (χ1n) is 4.56. The third-order valence-corrected chi connectivity index (χ3v) is 2.04. The number of rotatable bonds is 6. The summed E-state index contributed by atoms with van der Waals surface area (Å²) in [5.74, 6) is 0.123. The van der Waals surface area contributed by atoms with Gasteiger partial charge in [-0.1, -0.05) is 6.92 Å². The zero-order chi connectivity index (χ0) is 10.5. The Morgan fingerprint density at radius 3 is 2.31 bits per heavy atom. The van der Waals surface area contributed by atoms with Crippen LogP contribution in [0.3, 0.4) is 0 Å². The van der Waals surface area contributed by atoms with E-state index in [1.54, 1.807) is 13.8 Å². The number of hydrogen-bond acceptors (Lipinski definition) is 3. The number of ketones is 1. The number of hydrogen-bond donors (Lipinski definition) is 0. The van der Waals surface area contributed by atoms with Crippen LogP contribution >= 0.6 is 0 Å². The van der Waals surface area contributed by atoms with Crippen LogP contribution in [0.5, 0.6) is 0 Å². The van der Waals surface area contributed by atoms with Crippen LogP contribution < -0.4 is 0 Å². The first-order chi connectivity index (χ1) is 5.90. The molecular formula is C9H17NO3. The van der Waals surface area contributed by atoms with E-state index >= 15 is 0 Å². The molecule has 0 unspecified atom stereocenters. The average Bonchev–Trinajstić information content (AvgIpc) is 2.01. The lowest BCUT2D eigenvalue weighted by molar-refractivity contribution is -0.561. The van der Waals surface area contributed by atoms with Gasteiger partial charge in [0.2, 0.25) is 5.54 Å². The minimum absolute atomic E-state index is 0.123.